The fraction of sp³-hybridized carbons (Fsp3) is 0.647. The summed E-state index contributed by atoms with van der Waals surface area (Å²) in [6.45, 7) is 4.37. The van der Waals surface area contributed by atoms with Gasteiger partial charge in [-0.05, 0) is 36.5 Å². The van der Waals surface area contributed by atoms with Gasteiger partial charge in [-0.2, -0.15) is 0 Å². The van der Waals surface area contributed by atoms with Gasteiger partial charge in [0.25, 0.3) is 0 Å². The normalized spacial score (nSPS) is 21.5. The Morgan fingerprint density at radius 1 is 0.955 bits per heavy atom. The van der Waals surface area contributed by atoms with Crippen LogP contribution >= 0.6 is 24.8 Å². The minimum absolute atomic E-state index is 0. The standard InChI is InChI=1S/C17H25FN2.2ClH/c18-16-8-6-15(7-9-16)17(14-4-2-1-3-5-14)20-12-10-19-11-13-20;;/h6-9,14,17,19H,1-5,10-13H2;2*1H/t17-;;/m1../s1. The topological polar surface area (TPSA) is 15.3 Å². The molecular weight excluding hydrogens is 322 g/mol. The summed E-state index contributed by atoms with van der Waals surface area (Å²) in [6, 6.07) is 7.71. The van der Waals surface area contributed by atoms with Crippen LogP contribution in [0.15, 0.2) is 24.3 Å². The first-order chi connectivity index (χ1) is 9.84. The first-order valence-corrected chi connectivity index (χ1v) is 8.05. The van der Waals surface area contributed by atoms with Crippen LogP contribution in [0.2, 0.25) is 0 Å². The summed E-state index contributed by atoms with van der Waals surface area (Å²) >= 11 is 0. The molecule has 0 unspecified atom stereocenters. The minimum Gasteiger partial charge on any atom is -0.314 e. The molecule has 2 aliphatic rings. The van der Waals surface area contributed by atoms with Gasteiger partial charge in [0.2, 0.25) is 0 Å². The molecule has 0 radical (unpaired) electrons. The predicted molar refractivity (Wildman–Crippen MR) is 94.7 cm³/mol. The summed E-state index contributed by atoms with van der Waals surface area (Å²) in [4.78, 5) is 2.61. The Morgan fingerprint density at radius 2 is 1.55 bits per heavy atom. The SMILES string of the molecule is Cl.Cl.Fc1ccc([C@@H](C2CCCCC2)N2CCNCC2)cc1. The van der Waals surface area contributed by atoms with Crippen LogP contribution < -0.4 is 5.32 Å². The van der Waals surface area contributed by atoms with E-state index in [1.807, 2.05) is 12.1 Å². The second-order valence-electron chi connectivity index (χ2n) is 6.18. The van der Waals surface area contributed by atoms with E-state index in [1.54, 1.807) is 12.1 Å². The van der Waals surface area contributed by atoms with E-state index in [0.29, 0.717) is 6.04 Å². The van der Waals surface area contributed by atoms with Crippen molar-refractivity contribution in [1.82, 2.24) is 10.2 Å². The van der Waals surface area contributed by atoms with Crippen molar-refractivity contribution in [2.75, 3.05) is 26.2 Å². The lowest BCUT2D eigenvalue weighted by atomic mass is 9.80. The van der Waals surface area contributed by atoms with E-state index in [4.69, 9.17) is 0 Å². The Bertz CT molecular complexity index is 397. The third-order valence-corrected chi connectivity index (χ3v) is 4.85. The van der Waals surface area contributed by atoms with E-state index in [1.165, 1.54) is 37.7 Å². The van der Waals surface area contributed by atoms with Crippen molar-refractivity contribution in [3.8, 4) is 0 Å². The van der Waals surface area contributed by atoms with Crippen molar-refractivity contribution in [2.45, 2.75) is 38.1 Å². The average Bonchev–Trinajstić information content (AvgIpc) is 2.52. The number of nitrogens with zero attached hydrogens (tertiary/aromatic N) is 1. The molecule has 3 rings (SSSR count). The largest absolute Gasteiger partial charge is 0.314 e. The number of benzene rings is 1. The Labute approximate surface area is 145 Å². The summed E-state index contributed by atoms with van der Waals surface area (Å²) in [6.07, 6.45) is 6.75. The van der Waals surface area contributed by atoms with E-state index in [-0.39, 0.29) is 30.6 Å². The Hall–Kier alpha value is -0.350. The van der Waals surface area contributed by atoms with Crippen molar-refractivity contribution in [2.24, 2.45) is 5.92 Å². The lowest BCUT2D eigenvalue weighted by Gasteiger charge is -2.41. The van der Waals surface area contributed by atoms with Gasteiger partial charge in [0.1, 0.15) is 5.82 Å². The molecule has 0 spiro atoms. The van der Waals surface area contributed by atoms with Crippen LogP contribution in [-0.4, -0.2) is 31.1 Å². The highest BCUT2D eigenvalue weighted by atomic mass is 35.5. The molecular formula is C17H27Cl2FN2. The molecule has 1 aliphatic heterocycles. The van der Waals surface area contributed by atoms with Gasteiger partial charge in [-0.15, -0.1) is 24.8 Å². The molecule has 1 N–H and O–H groups in total. The molecule has 1 heterocycles. The average molecular weight is 349 g/mol. The Balaban J connectivity index is 0.00000121. The first-order valence-electron chi connectivity index (χ1n) is 8.05. The second kappa shape index (κ2) is 9.71. The summed E-state index contributed by atoms with van der Waals surface area (Å²) in [5.74, 6) is 0.615. The van der Waals surface area contributed by atoms with Crippen molar-refractivity contribution in [3.05, 3.63) is 35.6 Å². The van der Waals surface area contributed by atoms with E-state index in [2.05, 4.69) is 10.2 Å². The van der Waals surface area contributed by atoms with Gasteiger partial charge in [-0.1, -0.05) is 31.4 Å². The third-order valence-electron chi connectivity index (χ3n) is 4.85. The lowest BCUT2D eigenvalue weighted by Crippen LogP contribution is -2.47. The second-order valence-corrected chi connectivity index (χ2v) is 6.18. The maximum atomic E-state index is 13.2. The number of nitrogens with one attached hydrogen (secondary N) is 1. The fourth-order valence-electron chi connectivity index (χ4n) is 3.85. The molecule has 22 heavy (non-hydrogen) atoms. The first kappa shape index (κ1) is 19.7. The van der Waals surface area contributed by atoms with E-state index in [9.17, 15) is 4.39 Å². The van der Waals surface area contributed by atoms with Crippen LogP contribution in [0.4, 0.5) is 4.39 Å². The van der Waals surface area contributed by atoms with Crippen LogP contribution in [-0.2, 0) is 0 Å². The Morgan fingerprint density at radius 3 is 2.14 bits per heavy atom. The van der Waals surface area contributed by atoms with Gasteiger partial charge >= 0.3 is 0 Å². The zero-order valence-electron chi connectivity index (χ0n) is 13.0. The fourth-order valence-corrected chi connectivity index (χ4v) is 3.85. The lowest BCUT2D eigenvalue weighted by molar-refractivity contribution is 0.103. The van der Waals surface area contributed by atoms with E-state index in [0.717, 1.165) is 32.1 Å². The number of rotatable bonds is 3. The molecule has 1 saturated heterocycles. The Kier molecular flexibility index (Phi) is 8.70. The summed E-state index contributed by atoms with van der Waals surface area (Å²) in [7, 11) is 0. The molecule has 2 fully saturated rings. The molecule has 0 amide bonds. The smallest absolute Gasteiger partial charge is 0.123 e. The predicted octanol–water partition coefficient (Wildman–Crippen LogP) is 4.20. The number of hydrogen-bond donors (Lipinski definition) is 1. The highest BCUT2D eigenvalue weighted by Gasteiger charge is 2.30. The van der Waals surface area contributed by atoms with Gasteiger partial charge in [-0.3, -0.25) is 4.90 Å². The molecule has 2 nitrogen and oxygen atoms in total. The van der Waals surface area contributed by atoms with Gasteiger partial charge in [0.05, 0.1) is 0 Å². The molecule has 1 atom stereocenters. The highest BCUT2D eigenvalue weighted by Crippen LogP contribution is 2.38. The molecule has 5 heteroatoms. The van der Waals surface area contributed by atoms with Crippen LogP contribution in [0.3, 0.4) is 0 Å². The molecule has 1 aliphatic carbocycles. The van der Waals surface area contributed by atoms with Crippen molar-refractivity contribution in [1.29, 1.82) is 0 Å². The van der Waals surface area contributed by atoms with Gasteiger partial charge in [0, 0.05) is 32.2 Å². The molecule has 1 aromatic carbocycles. The third kappa shape index (κ3) is 4.82. The van der Waals surface area contributed by atoms with Gasteiger partial charge < -0.3 is 5.32 Å². The van der Waals surface area contributed by atoms with E-state index < -0.39 is 0 Å². The molecule has 1 saturated carbocycles. The number of piperazine rings is 1. The summed E-state index contributed by atoms with van der Waals surface area (Å²) < 4.78 is 13.2. The molecule has 0 aromatic heterocycles. The quantitative estimate of drug-likeness (QED) is 0.880. The van der Waals surface area contributed by atoms with Crippen LogP contribution in [0, 0.1) is 11.7 Å². The monoisotopic (exact) mass is 348 g/mol. The van der Waals surface area contributed by atoms with E-state index >= 15 is 0 Å². The van der Waals surface area contributed by atoms with Crippen LogP contribution in [0.1, 0.15) is 43.7 Å². The maximum Gasteiger partial charge on any atom is 0.123 e. The number of hydrogen-bond acceptors (Lipinski definition) is 2. The minimum atomic E-state index is -0.128. The zero-order chi connectivity index (χ0) is 13.8. The van der Waals surface area contributed by atoms with Crippen LogP contribution in [0.5, 0.6) is 0 Å². The maximum absolute atomic E-state index is 13.2. The van der Waals surface area contributed by atoms with Gasteiger partial charge in [0.15, 0.2) is 0 Å². The molecule has 1 aromatic rings. The molecule has 0 bridgehead atoms. The highest BCUT2D eigenvalue weighted by molar-refractivity contribution is 5.85. The van der Waals surface area contributed by atoms with Crippen molar-refractivity contribution >= 4 is 24.8 Å². The van der Waals surface area contributed by atoms with Crippen molar-refractivity contribution < 1.29 is 4.39 Å². The molecule has 126 valence electrons. The van der Waals surface area contributed by atoms with Crippen LogP contribution in [0.25, 0.3) is 0 Å². The summed E-state index contributed by atoms with van der Waals surface area (Å²) in [5, 5.41) is 3.43. The zero-order valence-corrected chi connectivity index (χ0v) is 14.6. The summed E-state index contributed by atoms with van der Waals surface area (Å²) in [5.41, 5.74) is 1.31. The van der Waals surface area contributed by atoms with Gasteiger partial charge in [-0.25, -0.2) is 4.39 Å². The number of halogens is 3. The van der Waals surface area contributed by atoms with Crippen molar-refractivity contribution in [3.63, 3.8) is 0 Å².